The van der Waals surface area contributed by atoms with Gasteiger partial charge in [0.05, 0.1) is 5.52 Å². The van der Waals surface area contributed by atoms with Crippen LogP contribution in [0.1, 0.15) is 18.1 Å². The molecule has 68 valence electrons. The summed E-state index contributed by atoms with van der Waals surface area (Å²) in [6.45, 7) is 4.37. The topological polar surface area (TPSA) is 4.93 Å². The van der Waals surface area contributed by atoms with Gasteiger partial charge >= 0.3 is 0 Å². The van der Waals surface area contributed by atoms with E-state index in [0.29, 0.717) is 0 Å². The maximum Gasteiger partial charge on any atom is 0.0510 e. The van der Waals surface area contributed by atoms with Gasteiger partial charge in [-0.15, -0.1) is 0 Å². The fraction of sp³-hybridized carbons (Fsp3) is 0.333. The summed E-state index contributed by atoms with van der Waals surface area (Å²) in [5, 5.41) is 1.41. The van der Waals surface area contributed by atoms with Crippen LogP contribution in [-0.4, -0.2) is 4.57 Å². The number of benzene rings is 1. The van der Waals surface area contributed by atoms with Crippen molar-refractivity contribution in [1.29, 1.82) is 0 Å². The van der Waals surface area contributed by atoms with Gasteiger partial charge in [-0.3, -0.25) is 0 Å². The Morgan fingerprint density at radius 2 is 2.08 bits per heavy atom. The number of aromatic nitrogens is 1. The second-order valence-electron chi connectivity index (χ2n) is 3.59. The summed E-state index contributed by atoms with van der Waals surface area (Å²) in [6, 6.07) is 6.51. The molecule has 0 fully saturated rings. The normalized spacial score (nSPS) is 11.0. The highest BCUT2D eigenvalue weighted by molar-refractivity contribution is 5.86. The summed E-state index contributed by atoms with van der Waals surface area (Å²) in [4.78, 5) is 0. The van der Waals surface area contributed by atoms with Gasteiger partial charge < -0.3 is 4.57 Å². The molecule has 0 aliphatic heterocycles. The molecule has 1 heteroatoms. The molecule has 1 heterocycles. The van der Waals surface area contributed by atoms with Crippen LogP contribution in [0, 0.1) is 6.92 Å². The molecular formula is C12H15N. The lowest BCUT2D eigenvalue weighted by molar-refractivity contribution is 0.950. The van der Waals surface area contributed by atoms with Crippen LogP contribution in [0.5, 0.6) is 0 Å². The monoisotopic (exact) mass is 173 g/mol. The molecule has 0 radical (unpaired) electrons. The molecule has 0 aliphatic rings. The van der Waals surface area contributed by atoms with Crippen molar-refractivity contribution in [2.45, 2.75) is 20.3 Å². The maximum atomic E-state index is 2.23. The van der Waals surface area contributed by atoms with E-state index in [-0.39, 0.29) is 0 Å². The van der Waals surface area contributed by atoms with Crippen molar-refractivity contribution in [3.8, 4) is 0 Å². The average molecular weight is 173 g/mol. The molecular weight excluding hydrogens is 158 g/mol. The van der Waals surface area contributed by atoms with E-state index in [2.05, 4.69) is 49.9 Å². The van der Waals surface area contributed by atoms with Crippen LogP contribution in [0.4, 0.5) is 0 Å². The van der Waals surface area contributed by atoms with Crippen molar-refractivity contribution in [2.24, 2.45) is 7.05 Å². The quantitative estimate of drug-likeness (QED) is 0.624. The van der Waals surface area contributed by atoms with Gasteiger partial charge in [0.2, 0.25) is 0 Å². The zero-order valence-corrected chi connectivity index (χ0v) is 8.46. The van der Waals surface area contributed by atoms with Gasteiger partial charge in [0.25, 0.3) is 0 Å². The lowest BCUT2D eigenvalue weighted by Crippen LogP contribution is -1.86. The highest BCUT2D eigenvalue weighted by Crippen LogP contribution is 2.23. The number of nitrogens with zero attached hydrogens (tertiary/aromatic N) is 1. The van der Waals surface area contributed by atoms with Crippen molar-refractivity contribution in [3.05, 3.63) is 35.5 Å². The number of fused-ring (bicyclic) bond motifs is 1. The van der Waals surface area contributed by atoms with Crippen molar-refractivity contribution >= 4 is 10.9 Å². The summed E-state index contributed by atoms with van der Waals surface area (Å²) in [5.74, 6) is 0. The summed E-state index contributed by atoms with van der Waals surface area (Å²) >= 11 is 0. The van der Waals surface area contributed by atoms with Crippen LogP contribution in [0.25, 0.3) is 10.9 Å². The molecule has 1 aromatic carbocycles. The molecule has 0 aliphatic carbocycles. The van der Waals surface area contributed by atoms with Crippen molar-refractivity contribution in [2.75, 3.05) is 0 Å². The standard InChI is InChI=1S/C12H15N/c1-4-10-8-13(3)12-9(2)6-5-7-11(10)12/h5-8H,4H2,1-3H3. The molecule has 0 atom stereocenters. The van der Waals surface area contributed by atoms with E-state index in [1.807, 2.05) is 0 Å². The van der Waals surface area contributed by atoms with Crippen LogP contribution in [0.15, 0.2) is 24.4 Å². The molecule has 1 aromatic heterocycles. The van der Waals surface area contributed by atoms with Crippen LogP contribution in [-0.2, 0) is 13.5 Å². The third-order valence-corrected chi connectivity index (χ3v) is 2.67. The van der Waals surface area contributed by atoms with Crippen LogP contribution in [0.3, 0.4) is 0 Å². The van der Waals surface area contributed by atoms with E-state index in [9.17, 15) is 0 Å². The predicted octanol–water partition coefficient (Wildman–Crippen LogP) is 3.05. The van der Waals surface area contributed by atoms with Gasteiger partial charge in [-0.05, 0) is 24.5 Å². The van der Waals surface area contributed by atoms with Crippen molar-refractivity contribution in [1.82, 2.24) is 4.57 Å². The number of hydrogen-bond donors (Lipinski definition) is 0. The minimum atomic E-state index is 1.11. The van der Waals surface area contributed by atoms with Gasteiger partial charge in [-0.1, -0.05) is 25.1 Å². The minimum Gasteiger partial charge on any atom is -0.350 e. The molecule has 0 unspecified atom stereocenters. The zero-order valence-electron chi connectivity index (χ0n) is 8.46. The molecule has 0 saturated heterocycles. The third kappa shape index (κ3) is 1.15. The Labute approximate surface area is 79.0 Å². The van der Waals surface area contributed by atoms with Gasteiger partial charge in [-0.2, -0.15) is 0 Å². The van der Waals surface area contributed by atoms with E-state index < -0.39 is 0 Å². The fourth-order valence-corrected chi connectivity index (χ4v) is 2.04. The van der Waals surface area contributed by atoms with E-state index >= 15 is 0 Å². The number of para-hydroxylation sites is 1. The van der Waals surface area contributed by atoms with E-state index in [0.717, 1.165) is 6.42 Å². The van der Waals surface area contributed by atoms with E-state index in [4.69, 9.17) is 0 Å². The summed E-state index contributed by atoms with van der Waals surface area (Å²) in [6.07, 6.45) is 3.35. The lowest BCUT2D eigenvalue weighted by atomic mass is 10.1. The second-order valence-corrected chi connectivity index (χ2v) is 3.59. The molecule has 0 saturated carbocycles. The number of hydrogen-bond acceptors (Lipinski definition) is 0. The van der Waals surface area contributed by atoms with E-state index in [1.54, 1.807) is 0 Å². The predicted molar refractivity (Wildman–Crippen MR) is 57.0 cm³/mol. The second kappa shape index (κ2) is 2.91. The number of aryl methyl sites for hydroxylation is 3. The SMILES string of the molecule is CCc1cn(C)c2c(C)cccc12. The van der Waals surface area contributed by atoms with Crippen molar-refractivity contribution in [3.63, 3.8) is 0 Å². The molecule has 1 nitrogen and oxygen atoms in total. The lowest BCUT2D eigenvalue weighted by Gasteiger charge is -1.99. The molecule has 2 rings (SSSR count). The Kier molecular flexibility index (Phi) is 1.87. The first-order valence-electron chi connectivity index (χ1n) is 4.77. The Bertz CT molecular complexity index is 438. The van der Waals surface area contributed by atoms with E-state index in [1.165, 1.54) is 22.0 Å². The first-order chi connectivity index (χ1) is 6.24. The first kappa shape index (κ1) is 8.36. The summed E-state index contributed by atoms with van der Waals surface area (Å²) < 4.78 is 2.23. The summed E-state index contributed by atoms with van der Waals surface area (Å²) in [5.41, 5.74) is 4.18. The Balaban J connectivity index is 2.87. The fourth-order valence-electron chi connectivity index (χ4n) is 2.04. The Hall–Kier alpha value is -1.24. The van der Waals surface area contributed by atoms with Gasteiger partial charge in [-0.25, -0.2) is 0 Å². The average Bonchev–Trinajstić information content (AvgIpc) is 2.44. The van der Waals surface area contributed by atoms with Crippen LogP contribution in [0.2, 0.25) is 0 Å². The van der Waals surface area contributed by atoms with Gasteiger partial charge in [0, 0.05) is 18.6 Å². The smallest absolute Gasteiger partial charge is 0.0510 e. The zero-order chi connectivity index (χ0) is 9.42. The maximum absolute atomic E-state index is 2.23. The highest BCUT2D eigenvalue weighted by Gasteiger charge is 2.05. The third-order valence-electron chi connectivity index (χ3n) is 2.67. The molecule has 13 heavy (non-hydrogen) atoms. The van der Waals surface area contributed by atoms with Crippen molar-refractivity contribution < 1.29 is 0 Å². The van der Waals surface area contributed by atoms with Gasteiger partial charge in [0.15, 0.2) is 0 Å². The number of rotatable bonds is 1. The van der Waals surface area contributed by atoms with Crippen LogP contribution < -0.4 is 0 Å². The summed E-state index contributed by atoms with van der Waals surface area (Å²) in [7, 11) is 2.12. The minimum absolute atomic E-state index is 1.11. The Morgan fingerprint density at radius 3 is 2.77 bits per heavy atom. The molecule has 0 amide bonds. The largest absolute Gasteiger partial charge is 0.350 e. The molecule has 2 aromatic rings. The molecule has 0 N–H and O–H groups in total. The van der Waals surface area contributed by atoms with Gasteiger partial charge in [0.1, 0.15) is 0 Å². The first-order valence-corrected chi connectivity index (χ1v) is 4.77. The van der Waals surface area contributed by atoms with Crippen LogP contribution >= 0.6 is 0 Å². The molecule has 0 bridgehead atoms. The Morgan fingerprint density at radius 1 is 1.31 bits per heavy atom. The molecule has 0 spiro atoms. The highest BCUT2D eigenvalue weighted by atomic mass is 14.9.